The van der Waals surface area contributed by atoms with Crippen LogP contribution in [0, 0.1) is 0 Å². The van der Waals surface area contributed by atoms with E-state index in [4.69, 9.17) is 14.2 Å². The predicted octanol–water partition coefficient (Wildman–Crippen LogP) is 3.05. The first-order chi connectivity index (χ1) is 7.89. The monoisotopic (exact) mass is 234 g/mol. The molecule has 0 amide bonds. The number of fused-ring (bicyclic) bond motifs is 3. The zero-order valence-electron chi connectivity index (χ0n) is 10.7. The molecule has 0 spiro atoms. The molecular weight excluding hydrogens is 216 g/mol. The molecule has 92 valence electrons. The summed E-state index contributed by atoms with van der Waals surface area (Å²) in [5.41, 5.74) is 0.717. The summed E-state index contributed by atoms with van der Waals surface area (Å²) in [6.45, 7) is 7.99. The lowest BCUT2D eigenvalue weighted by Crippen LogP contribution is -2.48. The highest BCUT2D eigenvalue weighted by Crippen LogP contribution is 2.49. The molecule has 3 heteroatoms. The highest BCUT2D eigenvalue weighted by atomic mass is 16.8. The molecule has 17 heavy (non-hydrogen) atoms. The van der Waals surface area contributed by atoms with Crippen molar-refractivity contribution in [1.82, 2.24) is 0 Å². The van der Waals surface area contributed by atoms with E-state index >= 15 is 0 Å². The van der Waals surface area contributed by atoms with Gasteiger partial charge in [0.15, 0.2) is 5.79 Å². The summed E-state index contributed by atoms with van der Waals surface area (Å²) < 4.78 is 18.0. The molecule has 0 saturated carbocycles. The van der Waals surface area contributed by atoms with Crippen LogP contribution in [0.5, 0.6) is 5.75 Å². The minimum atomic E-state index is -0.548. The van der Waals surface area contributed by atoms with Gasteiger partial charge in [-0.15, -0.1) is 0 Å². The molecule has 1 aromatic carbocycles. The summed E-state index contributed by atoms with van der Waals surface area (Å²) in [5.74, 6) is 0.355. The van der Waals surface area contributed by atoms with Crippen LogP contribution in [0.1, 0.15) is 39.4 Å². The van der Waals surface area contributed by atoms with E-state index in [0.717, 1.165) is 11.3 Å². The van der Waals surface area contributed by atoms with Gasteiger partial charge in [0, 0.05) is 5.56 Å². The van der Waals surface area contributed by atoms with Crippen molar-refractivity contribution in [1.29, 1.82) is 0 Å². The maximum absolute atomic E-state index is 6.02. The normalized spacial score (nSPS) is 32.5. The Balaban J connectivity index is 2.09. The van der Waals surface area contributed by atoms with Crippen LogP contribution in [-0.2, 0) is 9.47 Å². The van der Waals surface area contributed by atoms with Crippen molar-refractivity contribution in [3.8, 4) is 5.75 Å². The molecule has 2 aliphatic heterocycles. The summed E-state index contributed by atoms with van der Waals surface area (Å²) >= 11 is 0. The summed E-state index contributed by atoms with van der Waals surface area (Å²) in [7, 11) is 0. The average molecular weight is 234 g/mol. The molecule has 0 radical (unpaired) electrons. The molecule has 0 bridgehead atoms. The Kier molecular flexibility index (Phi) is 2.11. The van der Waals surface area contributed by atoms with Gasteiger partial charge in [0.25, 0.3) is 0 Å². The molecule has 0 N–H and O–H groups in total. The maximum Gasteiger partial charge on any atom is 0.164 e. The SMILES string of the molecule is CC1(C)OC2c3ccccc3OC(C)(C)C2O1. The number of para-hydroxylation sites is 1. The van der Waals surface area contributed by atoms with Gasteiger partial charge in [-0.1, -0.05) is 18.2 Å². The Bertz CT molecular complexity index is 451. The van der Waals surface area contributed by atoms with E-state index in [0.29, 0.717) is 0 Å². The Morgan fingerprint density at radius 1 is 1.00 bits per heavy atom. The van der Waals surface area contributed by atoms with E-state index in [1.807, 2.05) is 52.0 Å². The molecule has 3 rings (SSSR count). The average Bonchev–Trinajstić information content (AvgIpc) is 2.55. The molecule has 1 aromatic rings. The molecule has 1 saturated heterocycles. The second-order valence-electron chi connectivity index (χ2n) is 5.72. The Labute approximate surface area is 102 Å². The topological polar surface area (TPSA) is 27.7 Å². The fourth-order valence-corrected chi connectivity index (χ4v) is 2.65. The maximum atomic E-state index is 6.02. The van der Waals surface area contributed by atoms with Crippen LogP contribution in [0.2, 0.25) is 0 Å². The Morgan fingerprint density at radius 3 is 2.47 bits per heavy atom. The summed E-state index contributed by atoms with van der Waals surface area (Å²) in [6, 6.07) is 8.03. The van der Waals surface area contributed by atoms with Crippen molar-refractivity contribution in [2.45, 2.75) is 51.3 Å². The van der Waals surface area contributed by atoms with Gasteiger partial charge in [-0.3, -0.25) is 0 Å². The van der Waals surface area contributed by atoms with Crippen molar-refractivity contribution < 1.29 is 14.2 Å². The molecule has 1 fully saturated rings. The minimum absolute atomic E-state index is 0.0371. The fourth-order valence-electron chi connectivity index (χ4n) is 2.65. The molecule has 2 aliphatic rings. The molecule has 2 heterocycles. The highest BCUT2D eigenvalue weighted by Gasteiger charge is 2.53. The largest absolute Gasteiger partial charge is 0.485 e. The number of hydrogen-bond donors (Lipinski definition) is 0. The molecule has 2 unspecified atom stereocenters. The summed E-state index contributed by atoms with van der Waals surface area (Å²) in [4.78, 5) is 0. The summed E-state index contributed by atoms with van der Waals surface area (Å²) in [5, 5.41) is 0. The lowest BCUT2D eigenvalue weighted by Gasteiger charge is -2.39. The zero-order chi connectivity index (χ0) is 12.3. The van der Waals surface area contributed by atoms with Crippen LogP contribution in [0.4, 0.5) is 0 Å². The van der Waals surface area contributed by atoms with Crippen LogP contribution in [-0.4, -0.2) is 17.5 Å². The number of hydrogen-bond acceptors (Lipinski definition) is 3. The first kappa shape index (κ1) is 11.1. The van der Waals surface area contributed by atoms with Gasteiger partial charge in [0.1, 0.15) is 23.6 Å². The number of ether oxygens (including phenoxy) is 3. The molecular formula is C14H18O3. The summed E-state index contributed by atoms with van der Waals surface area (Å²) in [6.07, 6.45) is -0.0997. The second-order valence-corrected chi connectivity index (χ2v) is 5.72. The molecule has 0 aliphatic carbocycles. The minimum Gasteiger partial charge on any atom is -0.485 e. The fraction of sp³-hybridized carbons (Fsp3) is 0.571. The smallest absolute Gasteiger partial charge is 0.164 e. The van der Waals surface area contributed by atoms with Crippen molar-refractivity contribution in [2.24, 2.45) is 0 Å². The van der Waals surface area contributed by atoms with Gasteiger partial charge >= 0.3 is 0 Å². The van der Waals surface area contributed by atoms with E-state index < -0.39 is 5.79 Å². The van der Waals surface area contributed by atoms with Crippen molar-refractivity contribution in [3.05, 3.63) is 29.8 Å². The van der Waals surface area contributed by atoms with Crippen LogP contribution in [0.3, 0.4) is 0 Å². The van der Waals surface area contributed by atoms with Crippen LogP contribution in [0.25, 0.3) is 0 Å². The zero-order valence-corrected chi connectivity index (χ0v) is 10.7. The highest BCUT2D eigenvalue weighted by molar-refractivity contribution is 5.39. The third kappa shape index (κ3) is 1.65. The number of benzene rings is 1. The Morgan fingerprint density at radius 2 is 1.71 bits per heavy atom. The van der Waals surface area contributed by atoms with Gasteiger partial charge in [0.05, 0.1) is 0 Å². The van der Waals surface area contributed by atoms with Crippen LogP contribution >= 0.6 is 0 Å². The predicted molar refractivity (Wildman–Crippen MR) is 63.9 cm³/mol. The lowest BCUT2D eigenvalue weighted by atomic mass is 9.89. The van der Waals surface area contributed by atoms with Crippen molar-refractivity contribution in [2.75, 3.05) is 0 Å². The van der Waals surface area contributed by atoms with Gasteiger partial charge < -0.3 is 14.2 Å². The molecule has 0 aromatic heterocycles. The van der Waals surface area contributed by atoms with Crippen molar-refractivity contribution >= 4 is 0 Å². The van der Waals surface area contributed by atoms with E-state index in [1.165, 1.54) is 0 Å². The first-order valence-corrected chi connectivity index (χ1v) is 6.03. The van der Waals surface area contributed by atoms with Crippen LogP contribution in [0.15, 0.2) is 24.3 Å². The van der Waals surface area contributed by atoms with Crippen LogP contribution < -0.4 is 4.74 Å². The lowest BCUT2D eigenvalue weighted by molar-refractivity contribution is -0.160. The standard InChI is InChI=1S/C14H18O3/c1-13(2)12-11(16-14(3,4)17-12)9-7-5-6-8-10(9)15-13/h5-8,11-12H,1-4H3. The van der Waals surface area contributed by atoms with Crippen molar-refractivity contribution in [3.63, 3.8) is 0 Å². The first-order valence-electron chi connectivity index (χ1n) is 6.03. The van der Waals surface area contributed by atoms with Gasteiger partial charge in [-0.2, -0.15) is 0 Å². The second kappa shape index (κ2) is 3.24. The third-order valence-corrected chi connectivity index (χ3v) is 3.38. The van der Waals surface area contributed by atoms with Gasteiger partial charge in [-0.25, -0.2) is 0 Å². The van der Waals surface area contributed by atoms with Gasteiger partial charge in [0.2, 0.25) is 0 Å². The third-order valence-electron chi connectivity index (χ3n) is 3.38. The molecule has 2 atom stereocenters. The number of rotatable bonds is 0. The Hall–Kier alpha value is -1.06. The van der Waals surface area contributed by atoms with E-state index in [-0.39, 0.29) is 17.8 Å². The van der Waals surface area contributed by atoms with E-state index in [2.05, 4.69) is 0 Å². The van der Waals surface area contributed by atoms with E-state index in [1.54, 1.807) is 0 Å². The quantitative estimate of drug-likeness (QED) is 0.690. The molecule has 3 nitrogen and oxygen atoms in total. The van der Waals surface area contributed by atoms with E-state index in [9.17, 15) is 0 Å². The van der Waals surface area contributed by atoms with Gasteiger partial charge in [-0.05, 0) is 33.8 Å².